The number of aliphatic hydroxyl groups excluding tert-OH is 1. The van der Waals surface area contributed by atoms with Crippen LogP contribution in [0.1, 0.15) is 36.9 Å². The lowest BCUT2D eigenvalue weighted by atomic mass is 9.88. The monoisotopic (exact) mass is 233 g/mol. The van der Waals surface area contributed by atoms with E-state index >= 15 is 0 Å². The van der Waals surface area contributed by atoms with Gasteiger partial charge in [-0.1, -0.05) is 12.1 Å². The van der Waals surface area contributed by atoms with Gasteiger partial charge < -0.3 is 15.2 Å². The largest absolute Gasteiger partial charge is 0.493 e. The second kappa shape index (κ2) is 4.31. The summed E-state index contributed by atoms with van der Waals surface area (Å²) in [5.74, 6) is 1.04. The van der Waals surface area contributed by atoms with E-state index in [1.165, 1.54) is 11.1 Å². The molecule has 0 aromatic heterocycles. The Kier molecular flexibility index (Phi) is 2.81. The summed E-state index contributed by atoms with van der Waals surface area (Å²) in [6.07, 6.45) is 2.71. The predicted molar refractivity (Wildman–Crippen MR) is 66.2 cm³/mol. The number of hydrogen-bond donors (Lipinski definition) is 2. The number of ether oxygens (including phenoxy) is 1. The van der Waals surface area contributed by atoms with Crippen molar-refractivity contribution in [1.82, 2.24) is 5.32 Å². The fraction of sp³-hybridized carbons (Fsp3) is 0.571. The van der Waals surface area contributed by atoms with Crippen molar-refractivity contribution in [3.63, 3.8) is 0 Å². The Morgan fingerprint density at radius 3 is 3.00 bits per heavy atom. The van der Waals surface area contributed by atoms with Gasteiger partial charge in [0.15, 0.2) is 0 Å². The first-order valence-electron chi connectivity index (χ1n) is 6.42. The van der Waals surface area contributed by atoms with Gasteiger partial charge >= 0.3 is 0 Å². The Balaban J connectivity index is 1.67. The molecule has 2 N–H and O–H groups in total. The number of fused-ring (bicyclic) bond motifs is 1. The quantitative estimate of drug-likeness (QED) is 0.836. The molecule has 1 unspecified atom stereocenters. The van der Waals surface area contributed by atoms with Crippen LogP contribution in [0.15, 0.2) is 18.2 Å². The van der Waals surface area contributed by atoms with Crippen LogP contribution in [-0.4, -0.2) is 23.9 Å². The molecule has 1 aliphatic heterocycles. The Morgan fingerprint density at radius 1 is 1.41 bits per heavy atom. The van der Waals surface area contributed by atoms with Crippen molar-refractivity contribution >= 4 is 0 Å². The molecule has 3 heteroatoms. The molecule has 0 saturated heterocycles. The molecule has 17 heavy (non-hydrogen) atoms. The third-order valence-corrected chi connectivity index (χ3v) is 3.81. The van der Waals surface area contributed by atoms with Crippen molar-refractivity contribution in [3.05, 3.63) is 29.3 Å². The standard InChI is InChI=1S/C14H19NO2/c1-9(15-12-7-13(16)8-12)10-2-3-14-11(6-10)4-5-17-14/h2-3,6,9,12-13,15-16H,4-5,7-8H2,1H3. The Morgan fingerprint density at radius 2 is 2.24 bits per heavy atom. The number of benzene rings is 1. The second-order valence-corrected chi connectivity index (χ2v) is 5.18. The fourth-order valence-corrected chi connectivity index (χ4v) is 2.65. The predicted octanol–water partition coefficient (Wildman–Crippen LogP) is 1.80. The van der Waals surface area contributed by atoms with E-state index in [9.17, 15) is 5.11 Å². The van der Waals surface area contributed by atoms with Gasteiger partial charge in [0.2, 0.25) is 0 Å². The molecule has 1 aliphatic carbocycles. The summed E-state index contributed by atoms with van der Waals surface area (Å²) in [7, 11) is 0. The second-order valence-electron chi connectivity index (χ2n) is 5.18. The molecule has 3 rings (SSSR count). The minimum Gasteiger partial charge on any atom is -0.493 e. The van der Waals surface area contributed by atoms with Gasteiger partial charge in [0.05, 0.1) is 12.7 Å². The molecule has 0 amide bonds. The first kappa shape index (κ1) is 11.1. The molecule has 1 atom stereocenters. The molecular formula is C14H19NO2. The number of rotatable bonds is 3. The zero-order chi connectivity index (χ0) is 11.8. The van der Waals surface area contributed by atoms with Gasteiger partial charge in [-0.05, 0) is 37.0 Å². The third kappa shape index (κ3) is 2.17. The Labute approximate surface area is 102 Å². The van der Waals surface area contributed by atoms with E-state index in [1.54, 1.807) is 0 Å². The van der Waals surface area contributed by atoms with E-state index < -0.39 is 0 Å². The van der Waals surface area contributed by atoms with Gasteiger partial charge in [-0.2, -0.15) is 0 Å². The minimum atomic E-state index is -0.0897. The van der Waals surface area contributed by atoms with E-state index in [-0.39, 0.29) is 6.10 Å². The van der Waals surface area contributed by atoms with E-state index in [2.05, 4.69) is 30.4 Å². The highest BCUT2D eigenvalue weighted by molar-refractivity contribution is 5.40. The molecule has 1 aromatic rings. The summed E-state index contributed by atoms with van der Waals surface area (Å²) in [5, 5.41) is 12.8. The molecule has 0 spiro atoms. The maximum Gasteiger partial charge on any atom is 0.122 e. The van der Waals surface area contributed by atoms with Crippen LogP contribution in [0.25, 0.3) is 0 Å². The number of aliphatic hydroxyl groups is 1. The van der Waals surface area contributed by atoms with Crippen molar-refractivity contribution in [2.75, 3.05) is 6.61 Å². The van der Waals surface area contributed by atoms with Crippen LogP contribution < -0.4 is 10.1 Å². The maximum atomic E-state index is 9.27. The van der Waals surface area contributed by atoms with Crippen molar-refractivity contribution in [3.8, 4) is 5.75 Å². The van der Waals surface area contributed by atoms with Crippen molar-refractivity contribution in [2.24, 2.45) is 0 Å². The summed E-state index contributed by atoms with van der Waals surface area (Å²) in [6.45, 7) is 3.00. The maximum absolute atomic E-state index is 9.27. The van der Waals surface area contributed by atoms with E-state index in [0.717, 1.165) is 31.6 Å². The van der Waals surface area contributed by atoms with Crippen LogP contribution in [0.2, 0.25) is 0 Å². The van der Waals surface area contributed by atoms with Gasteiger partial charge in [0, 0.05) is 18.5 Å². The highest BCUT2D eigenvalue weighted by atomic mass is 16.5. The first-order chi connectivity index (χ1) is 8.22. The molecule has 0 bridgehead atoms. The van der Waals surface area contributed by atoms with Gasteiger partial charge in [-0.3, -0.25) is 0 Å². The lowest BCUT2D eigenvalue weighted by Gasteiger charge is -2.34. The van der Waals surface area contributed by atoms with E-state index in [4.69, 9.17) is 4.74 Å². The summed E-state index contributed by atoms with van der Waals surface area (Å²) in [5.41, 5.74) is 2.64. The van der Waals surface area contributed by atoms with Gasteiger partial charge in [-0.25, -0.2) is 0 Å². The number of hydrogen-bond acceptors (Lipinski definition) is 3. The van der Waals surface area contributed by atoms with Crippen LogP contribution in [0.4, 0.5) is 0 Å². The SMILES string of the molecule is CC(NC1CC(O)C1)c1ccc2c(c1)CCO2. The average Bonchev–Trinajstić information content (AvgIpc) is 2.73. The van der Waals surface area contributed by atoms with Gasteiger partial charge in [-0.15, -0.1) is 0 Å². The molecule has 3 nitrogen and oxygen atoms in total. The molecule has 92 valence electrons. The fourth-order valence-electron chi connectivity index (χ4n) is 2.65. The zero-order valence-corrected chi connectivity index (χ0v) is 10.1. The molecule has 1 heterocycles. The molecule has 2 aliphatic rings. The van der Waals surface area contributed by atoms with Gasteiger partial charge in [0.1, 0.15) is 5.75 Å². The smallest absolute Gasteiger partial charge is 0.122 e. The van der Waals surface area contributed by atoms with Crippen molar-refractivity contribution in [2.45, 2.75) is 44.4 Å². The Hall–Kier alpha value is -1.06. The molecule has 0 radical (unpaired) electrons. The van der Waals surface area contributed by atoms with Crippen LogP contribution in [-0.2, 0) is 6.42 Å². The third-order valence-electron chi connectivity index (χ3n) is 3.81. The van der Waals surface area contributed by atoms with Crippen molar-refractivity contribution in [1.29, 1.82) is 0 Å². The summed E-state index contributed by atoms with van der Waals surface area (Å²) < 4.78 is 5.51. The van der Waals surface area contributed by atoms with Gasteiger partial charge in [0.25, 0.3) is 0 Å². The van der Waals surface area contributed by atoms with Crippen molar-refractivity contribution < 1.29 is 9.84 Å². The molecule has 1 fully saturated rings. The van der Waals surface area contributed by atoms with E-state index in [1.807, 2.05) is 0 Å². The average molecular weight is 233 g/mol. The zero-order valence-electron chi connectivity index (χ0n) is 10.1. The van der Waals surface area contributed by atoms with Crippen LogP contribution in [0.5, 0.6) is 5.75 Å². The van der Waals surface area contributed by atoms with E-state index in [0.29, 0.717) is 12.1 Å². The lowest BCUT2D eigenvalue weighted by molar-refractivity contribution is 0.0586. The topological polar surface area (TPSA) is 41.5 Å². The first-order valence-corrected chi connectivity index (χ1v) is 6.42. The van der Waals surface area contributed by atoms with Crippen LogP contribution in [0.3, 0.4) is 0 Å². The lowest BCUT2D eigenvalue weighted by Crippen LogP contribution is -2.45. The highest BCUT2D eigenvalue weighted by Crippen LogP contribution is 2.29. The molecule has 1 saturated carbocycles. The minimum absolute atomic E-state index is 0.0897. The summed E-state index contributed by atoms with van der Waals surface area (Å²) in [4.78, 5) is 0. The molecular weight excluding hydrogens is 214 g/mol. The van der Waals surface area contributed by atoms with Crippen LogP contribution in [0, 0.1) is 0 Å². The summed E-state index contributed by atoms with van der Waals surface area (Å²) in [6, 6.07) is 7.28. The summed E-state index contributed by atoms with van der Waals surface area (Å²) >= 11 is 0. The highest BCUT2D eigenvalue weighted by Gasteiger charge is 2.28. The molecule has 1 aromatic carbocycles. The Bertz CT molecular complexity index is 413. The number of nitrogens with one attached hydrogen (secondary N) is 1. The normalized spacial score (nSPS) is 28.1. The van der Waals surface area contributed by atoms with Crippen LogP contribution >= 0.6 is 0 Å².